The number of anilines is 2. The van der Waals surface area contributed by atoms with Gasteiger partial charge in [-0.3, -0.25) is 0 Å². The Morgan fingerprint density at radius 1 is 1.44 bits per heavy atom. The van der Waals surface area contributed by atoms with Crippen molar-refractivity contribution < 1.29 is 9.53 Å². The number of nitrogens with zero attached hydrogens (tertiary/aromatic N) is 1. The van der Waals surface area contributed by atoms with Gasteiger partial charge in [-0.25, -0.2) is 4.79 Å². The fourth-order valence-electron chi connectivity index (χ4n) is 2.20. The molecule has 0 amide bonds. The van der Waals surface area contributed by atoms with Crippen LogP contribution >= 0.6 is 0 Å². The molecule has 1 saturated carbocycles. The Balaban J connectivity index is 2.31. The predicted octanol–water partition coefficient (Wildman–Crippen LogP) is 2.43. The van der Waals surface area contributed by atoms with Gasteiger partial charge in [0, 0.05) is 12.6 Å². The first-order valence-electron chi connectivity index (χ1n) is 6.51. The maximum Gasteiger partial charge on any atom is 0.340 e. The Labute approximate surface area is 108 Å². The quantitative estimate of drug-likeness (QED) is 0.642. The Hall–Kier alpha value is -1.71. The molecule has 1 fully saturated rings. The van der Waals surface area contributed by atoms with Gasteiger partial charge in [0.1, 0.15) is 0 Å². The number of nitrogen functional groups attached to an aromatic ring is 1. The topological polar surface area (TPSA) is 55.6 Å². The maximum atomic E-state index is 11.8. The number of hydrogen-bond acceptors (Lipinski definition) is 4. The lowest BCUT2D eigenvalue weighted by Gasteiger charge is -2.25. The molecule has 1 aliphatic carbocycles. The molecule has 0 radical (unpaired) electrons. The smallest absolute Gasteiger partial charge is 0.340 e. The van der Waals surface area contributed by atoms with E-state index in [9.17, 15) is 4.79 Å². The van der Waals surface area contributed by atoms with Gasteiger partial charge in [0.15, 0.2) is 0 Å². The van der Waals surface area contributed by atoms with E-state index in [-0.39, 0.29) is 5.97 Å². The summed E-state index contributed by atoms with van der Waals surface area (Å²) < 4.78 is 5.02. The number of esters is 1. The molecule has 4 nitrogen and oxygen atoms in total. The highest BCUT2D eigenvalue weighted by Gasteiger charge is 2.30. The van der Waals surface area contributed by atoms with Gasteiger partial charge in [-0.15, -0.1) is 0 Å². The van der Waals surface area contributed by atoms with Crippen LogP contribution < -0.4 is 10.6 Å². The van der Waals surface area contributed by atoms with Crippen LogP contribution in [0.2, 0.25) is 0 Å². The van der Waals surface area contributed by atoms with E-state index < -0.39 is 0 Å². The highest BCUT2D eigenvalue weighted by molar-refractivity contribution is 5.98. The zero-order valence-corrected chi connectivity index (χ0v) is 11.0. The van der Waals surface area contributed by atoms with E-state index in [1.54, 1.807) is 13.0 Å². The summed E-state index contributed by atoms with van der Waals surface area (Å²) in [4.78, 5) is 14.1. The van der Waals surface area contributed by atoms with E-state index >= 15 is 0 Å². The summed E-state index contributed by atoms with van der Waals surface area (Å²) in [5.74, 6) is -0.344. The molecule has 0 bridgehead atoms. The lowest BCUT2D eigenvalue weighted by molar-refractivity contribution is 0.0527. The average Bonchev–Trinajstić information content (AvgIpc) is 3.17. The van der Waals surface area contributed by atoms with Gasteiger partial charge in [0.2, 0.25) is 0 Å². The number of carbonyl (C=O) groups excluding carboxylic acids is 1. The summed E-state index contributed by atoms with van der Waals surface area (Å²) >= 11 is 0. The van der Waals surface area contributed by atoms with Crippen LogP contribution in [0.4, 0.5) is 11.4 Å². The van der Waals surface area contributed by atoms with Crippen LogP contribution in [0, 0.1) is 0 Å². The third-order valence-electron chi connectivity index (χ3n) is 3.22. The van der Waals surface area contributed by atoms with E-state index in [0.717, 1.165) is 12.2 Å². The molecule has 1 aromatic rings. The van der Waals surface area contributed by atoms with Crippen LogP contribution in [0.5, 0.6) is 0 Å². The summed E-state index contributed by atoms with van der Waals surface area (Å²) in [6.07, 6.45) is 2.41. The summed E-state index contributed by atoms with van der Waals surface area (Å²) in [5.41, 5.74) is 8.06. The SMILES string of the molecule is CCOC(=O)c1cccc(N(CC)C2CC2)c1N. The van der Waals surface area contributed by atoms with E-state index in [2.05, 4.69) is 11.8 Å². The van der Waals surface area contributed by atoms with E-state index in [4.69, 9.17) is 10.5 Å². The largest absolute Gasteiger partial charge is 0.462 e. The number of nitrogens with two attached hydrogens (primary N) is 1. The second-order valence-electron chi connectivity index (χ2n) is 4.48. The molecule has 0 heterocycles. The molecule has 0 unspecified atom stereocenters. The molecule has 18 heavy (non-hydrogen) atoms. The first-order chi connectivity index (χ1) is 8.69. The van der Waals surface area contributed by atoms with Gasteiger partial charge in [-0.05, 0) is 38.8 Å². The number of carbonyl (C=O) groups is 1. The molecular weight excluding hydrogens is 228 g/mol. The monoisotopic (exact) mass is 248 g/mol. The maximum absolute atomic E-state index is 11.8. The third-order valence-corrected chi connectivity index (χ3v) is 3.22. The van der Waals surface area contributed by atoms with Crippen LogP contribution in [-0.2, 0) is 4.74 Å². The van der Waals surface area contributed by atoms with Crippen molar-refractivity contribution in [2.45, 2.75) is 32.7 Å². The molecule has 98 valence electrons. The summed E-state index contributed by atoms with van der Waals surface area (Å²) in [5, 5.41) is 0. The van der Waals surface area contributed by atoms with Crippen molar-refractivity contribution in [1.82, 2.24) is 0 Å². The normalized spacial score (nSPS) is 14.3. The molecule has 0 atom stereocenters. The Morgan fingerprint density at radius 3 is 2.72 bits per heavy atom. The van der Waals surface area contributed by atoms with Crippen LogP contribution in [0.1, 0.15) is 37.0 Å². The van der Waals surface area contributed by atoms with Gasteiger partial charge in [-0.1, -0.05) is 6.07 Å². The van der Waals surface area contributed by atoms with Crippen LogP contribution in [0.25, 0.3) is 0 Å². The van der Waals surface area contributed by atoms with Gasteiger partial charge >= 0.3 is 5.97 Å². The molecular formula is C14H20N2O2. The third kappa shape index (κ3) is 2.42. The van der Waals surface area contributed by atoms with Crippen molar-refractivity contribution in [3.8, 4) is 0 Å². The molecule has 0 aliphatic heterocycles. The van der Waals surface area contributed by atoms with Gasteiger partial charge in [-0.2, -0.15) is 0 Å². The Bertz CT molecular complexity index is 441. The molecule has 1 aliphatic rings. The molecule has 0 aromatic heterocycles. The van der Waals surface area contributed by atoms with E-state index in [1.165, 1.54) is 12.8 Å². The fraction of sp³-hybridized carbons (Fsp3) is 0.500. The lowest BCUT2D eigenvalue weighted by Crippen LogP contribution is -2.26. The Kier molecular flexibility index (Phi) is 3.75. The Morgan fingerprint density at radius 2 is 2.17 bits per heavy atom. The number of ether oxygens (including phenoxy) is 1. The first kappa shape index (κ1) is 12.7. The summed E-state index contributed by atoms with van der Waals surface area (Å²) in [6, 6.07) is 6.13. The molecule has 2 N–H and O–H groups in total. The van der Waals surface area contributed by atoms with Gasteiger partial charge < -0.3 is 15.4 Å². The number of rotatable bonds is 5. The fourth-order valence-corrected chi connectivity index (χ4v) is 2.20. The van der Waals surface area contributed by atoms with E-state index in [0.29, 0.717) is 23.9 Å². The van der Waals surface area contributed by atoms with Crippen molar-refractivity contribution >= 4 is 17.3 Å². The van der Waals surface area contributed by atoms with Crippen molar-refractivity contribution in [2.75, 3.05) is 23.8 Å². The van der Waals surface area contributed by atoms with Crippen LogP contribution in [0.15, 0.2) is 18.2 Å². The molecule has 2 rings (SSSR count). The number of para-hydroxylation sites is 1. The minimum atomic E-state index is -0.344. The van der Waals surface area contributed by atoms with Crippen molar-refractivity contribution in [3.05, 3.63) is 23.8 Å². The second kappa shape index (κ2) is 5.29. The minimum Gasteiger partial charge on any atom is -0.462 e. The molecule has 0 saturated heterocycles. The summed E-state index contributed by atoms with van der Waals surface area (Å²) in [6.45, 7) is 5.17. The highest BCUT2D eigenvalue weighted by Crippen LogP contribution is 2.35. The second-order valence-corrected chi connectivity index (χ2v) is 4.48. The molecule has 4 heteroatoms. The zero-order valence-electron chi connectivity index (χ0n) is 11.0. The highest BCUT2D eigenvalue weighted by atomic mass is 16.5. The number of hydrogen-bond donors (Lipinski definition) is 1. The van der Waals surface area contributed by atoms with Gasteiger partial charge in [0.05, 0.1) is 23.5 Å². The van der Waals surface area contributed by atoms with Crippen LogP contribution in [-0.4, -0.2) is 25.2 Å². The van der Waals surface area contributed by atoms with Crippen molar-refractivity contribution in [2.24, 2.45) is 0 Å². The lowest BCUT2D eigenvalue weighted by atomic mass is 10.1. The molecule has 1 aromatic carbocycles. The van der Waals surface area contributed by atoms with Crippen LogP contribution in [0.3, 0.4) is 0 Å². The van der Waals surface area contributed by atoms with Gasteiger partial charge in [0.25, 0.3) is 0 Å². The molecule has 0 spiro atoms. The van der Waals surface area contributed by atoms with Crippen molar-refractivity contribution in [1.29, 1.82) is 0 Å². The number of benzene rings is 1. The standard InChI is InChI=1S/C14H20N2O2/c1-3-16(10-8-9-10)12-7-5-6-11(13(12)15)14(17)18-4-2/h5-7,10H,3-4,8-9,15H2,1-2H3. The first-order valence-corrected chi connectivity index (χ1v) is 6.51. The van der Waals surface area contributed by atoms with Crippen molar-refractivity contribution in [3.63, 3.8) is 0 Å². The summed E-state index contributed by atoms with van der Waals surface area (Å²) in [7, 11) is 0. The minimum absolute atomic E-state index is 0.344. The van der Waals surface area contributed by atoms with E-state index in [1.807, 2.05) is 12.1 Å². The average molecular weight is 248 g/mol. The predicted molar refractivity (Wildman–Crippen MR) is 72.9 cm³/mol. The zero-order chi connectivity index (χ0) is 13.1.